The fourth-order valence-electron chi connectivity index (χ4n) is 5.11. The number of aryl methyl sites for hydroxylation is 1. The largest absolute Gasteiger partial charge is 0.367 e. The Morgan fingerprint density at radius 1 is 0.829 bits per heavy atom. The van der Waals surface area contributed by atoms with Gasteiger partial charge in [-0.05, 0) is 50.1 Å². The van der Waals surface area contributed by atoms with Crippen molar-refractivity contribution in [2.45, 2.75) is 40.5 Å². The van der Waals surface area contributed by atoms with Crippen LogP contribution in [-0.2, 0) is 20.0 Å². The fraction of sp³-hybridized carbons (Fsp3) is 0.308. The smallest absolute Gasteiger partial charge is 0.294 e. The molecule has 7 rings (SSSR count). The molecule has 9 heteroatoms. The molecule has 1 N–H and O–H groups in total. The van der Waals surface area contributed by atoms with E-state index in [4.69, 9.17) is 4.55 Å². The summed E-state index contributed by atoms with van der Waals surface area (Å²) >= 11 is 0. The van der Waals surface area contributed by atoms with Crippen LogP contribution in [0.1, 0.15) is 18.4 Å². The van der Waals surface area contributed by atoms with Gasteiger partial charge in [0.1, 0.15) is 0 Å². The van der Waals surface area contributed by atoms with Gasteiger partial charge in [0.2, 0.25) is 9.84 Å². The molecule has 4 heterocycles. The zero-order chi connectivity index (χ0) is 24.8. The molecule has 0 spiro atoms. The number of rotatable bonds is 2. The molecule has 184 valence electrons. The van der Waals surface area contributed by atoms with Gasteiger partial charge in [-0.15, -0.1) is 0 Å². The monoisotopic (exact) mass is 512 g/mol. The van der Waals surface area contributed by atoms with Crippen molar-refractivity contribution in [3.8, 4) is 11.1 Å². The summed E-state index contributed by atoms with van der Waals surface area (Å²) in [5, 5.41) is 0. The topological polar surface area (TPSA) is 95.0 Å². The minimum absolute atomic E-state index is 0.0666. The van der Waals surface area contributed by atoms with Crippen molar-refractivity contribution in [3.05, 3.63) is 72.3 Å². The molecule has 3 aromatic carbocycles. The number of piperidine rings is 1. The third kappa shape index (κ3) is 4.61. The van der Waals surface area contributed by atoms with Gasteiger partial charge >= 0.3 is 0 Å². The Labute approximate surface area is 206 Å². The Bertz CT molecular complexity index is 1460. The van der Waals surface area contributed by atoms with E-state index in [1.54, 1.807) is 24.3 Å². The second-order valence-electron chi connectivity index (χ2n) is 9.23. The molecular weight excluding hydrogens is 484 g/mol. The van der Waals surface area contributed by atoms with Crippen LogP contribution in [0.15, 0.2) is 81.4 Å². The zero-order valence-electron chi connectivity index (χ0n) is 19.5. The highest BCUT2D eigenvalue weighted by molar-refractivity contribution is 7.92. The molecule has 0 saturated carbocycles. The maximum atomic E-state index is 12.9. The quantitative estimate of drug-likeness (QED) is 0.405. The molecule has 7 nitrogen and oxygen atoms in total. The van der Waals surface area contributed by atoms with Crippen molar-refractivity contribution in [3.63, 3.8) is 0 Å². The number of nitrogens with zero attached hydrogens (tertiary/aromatic N) is 2. The molecule has 2 bridgehead atoms. The summed E-state index contributed by atoms with van der Waals surface area (Å²) in [6.45, 7) is 6.22. The molecule has 0 unspecified atom stereocenters. The lowest BCUT2D eigenvalue weighted by atomic mass is 10.0. The second-order valence-corrected chi connectivity index (χ2v) is 12.5. The number of hydrogen-bond donors (Lipinski definition) is 1. The molecular formula is C26H28N2O5S2. The molecule has 4 aliphatic rings. The number of benzene rings is 3. The van der Waals surface area contributed by atoms with Crippen LogP contribution in [0.4, 0.5) is 5.69 Å². The van der Waals surface area contributed by atoms with Gasteiger partial charge in [0.25, 0.3) is 10.1 Å². The first kappa shape index (κ1) is 24.0. The summed E-state index contributed by atoms with van der Waals surface area (Å²) in [5.41, 5.74) is 3.69. The first-order valence-electron chi connectivity index (χ1n) is 11.7. The Balaban J connectivity index is 0.000000195. The van der Waals surface area contributed by atoms with Crippen molar-refractivity contribution in [1.29, 1.82) is 0 Å². The van der Waals surface area contributed by atoms with Crippen LogP contribution in [0, 0.1) is 6.92 Å². The van der Waals surface area contributed by atoms with Crippen LogP contribution in [0.5, 0.6) is 0 Å². The molecule has 0 atom stereocenters. The van der Waals surface area contributed by atoms with E-state index in [0.29, 0.717) is 15.8 Å². The Morgan fingerprint density at radius 2 is 1.49 bits per heavy atom. The summed E-state index contributed by atoms with van der Waals surface area (Å²) in [5.74, 6) is 0. The second kappa shape index (κ2) is 9.05. The summed E-state index contributed by atoms with van der Waals surface area (Å²) in [7, 11) is -7.41. The highest BCUT2D eigenvalue weighted by atomic mass is 32.2. The van der Waals surface area contributed by atoms with Crippen LogP contribution in [0.2, 0.25) is 0 Å². The van der Waals surface area contributed by atoms with Crippen molar-refractivity contribution in [2.24, 2.45) is 0 Å². The van der Waals surface area contributed by atoms with Gasteiger partial charge in [-0.1, -0.05) is 42.0 Å². The van der Waals surface area contributed by atoms with E-state index in [2.05, 4.69) is 15.9 Å². The first-order valence-corrected chi connectivity index (χ1v) is 14.6. The average Bonchev–Trinajstić information content (AvgIpc) is 3.04. The van der Waals surface area contributed by atoms with E-state index in [1.807, 2.05) is 31.2 Å². The Morgan fingerprint density at radius 3 is 2.17 bits per heavy atom. The maximum Gasteiger partial charge on any atom is 0.294 e. The summed E-state index contributed by atoms with van der Waals surface area (Å²) in [4.78, 5) is 5.78. The van der Waals surface area contributed by atoms with Gasteiger partial charge in [-0.2, -0.15) is 8.42 Å². The van der Waals surface area contributed by atoms with Crippen LogP contribution < -0.4 is 4.90 Å². The standard InChI is InChI=1S/C19H20N2O2S.C7H8O3S/c22-24(23)18-4-2-1-3-16(18)17-6-5-15(13-19(17)24)21-12-11-20-9-7-14(21)8-10-20;1-6-2-4-7(5-3-6)11(8,9)10/h1-6,13-14H,7-12H2;2-5H,1H3,(H,8,9,10). The molecule has 0 aliphatic carbocycles. The van der Waals surface area contributed by atoms with Gasteiger partial charge in [0.05, 0.1) is 14.7 Å². The predicted octanol–water partition coefficient (Wildman–Crippen LogP) is 4.03. The third-order valence-electron chi connectivity index (χ3n) is 7.03. The predicted molar refractivity (Wildman–Crippen MR) is 135 cm³/mol. The van der Waals surface area contributed by atoms with E-state index in [0.717, 1.165) is 48.6 Å². The third-order valence-corrected chi connectivity index (χ3v) is 9.75. The summed E-state index contributed by atoms with van der Waals surface area (Å²) in [6.07, 6.45) is 2.34. The molecule has 0 radical (unpaired) electrons. The highest BCUT2D eigenvalue weighted by Gasteiger charge is 2.35. The molecule has 4 aliphatic heterocycles. The van der Waals surface area contributed by atoms with Crippen LogP contribution >= 0.6 is 0 Å². The van der Waals surface area contributed by atoms with Gasteiger partial charge in [-0.25, -0.2) is 8.42 Å². The van der Waals surface area contributed by atoms with Crippen molar-refractivity contribution < 1.29 is 21.4 Å². The maximum absolute atomic E-state index is 12.9. The Hall–Kier alpha value is -2.72. The van der Waals surface area contributed by atoms with Crippen molar-refractivity contribution in [2.75, 3.05) is 31.1 Å². The lowest BCUT2D eigenvalue weighted by Gasteiger charge is -2.33. The molecule has 3 aromatic rings. The fourth-order valence-corrected chi connectivity index (χ4v) is 7.30. The molecule has 0 aromatic heterocycles. The molecule has 3 saturated heterocycles. The average molecular weight is 513 g/mol. The minimum atomic E-state index is -4.02. The van der Waals surface area contributed by atoms with Gasteiger partial charge < -0.3 is 9.80 Å². The number of sulfone groups is 1. The SMILES string of the molecule is Cc1ccc(S(=O)(=O)O)cc1.O=S1(=O)c2ccccc2-c2ccc(N3CCN4CCC3CC4)cc21. The lowest BCUT2D eigenvalue weighted by Crippen LogP contribution is -2.37. The van der Waals surface area contributed by atoms with E-state index in [-0.39, 0.29) is 4.90 Å². The number of anilines is 1. The van der Waals surface area contributed by atoms with Crippen molar-refractivity contribution >= 4 is 25.6 Å². The normalized spacial score (nSPS) is 21.9. The zero-order valence-corrected chi connectivity index (χ0v) is 21.1. The number of hydrogen-bond acceptors (Lipinski definition) is 6. The molecule has 0 amide bonds. The van der Waals surface area contributed by atoms with E-state index < -0.39 is 20.0 Å². The highest BCUT2D eigenvalue weighted by Crippen LogP contribution is 2.44. The van der Waals surface area contributed by atoms with Gasteiger partial charge in [-0.3, -0.25) is 4.55 Å². The summed E-state index contributed by atoms with van der Waals surface area (Å²) < 4.78 is 55.4. The van der Waals surface area contributed by atoms with E-state index >= 15 is 0 Å². The lowest BCUT2D eigenvalue weighted by molar-refractivity contribution is 0.250. The van der Waals surface area contributed by atoms with E-state index in [9.17, 15) is 16.8 Å². The van der Waals surface area contributed by atoms with Crippen molar-refractivity contribution in [1.82, 2.24) is 4.90 Å². The Kier molecular flexibility index (Phi) is 6.21. The number of fused-ring (bicyclic) bond motifs is 7. The van der Waals surface area contributed by atoms with Crippen LogP contribution in [0.25, 0.3) is 11.1 Å². The van der Waals surface area contributed by atoms with Gasteiger partial charge in [0, 0.05) is 49.0 Å². The molecule has 3 fully saturated rings. The van der Waals surface area contributed by atoms with E-state index in [1.165, 1.54) is 25.0 Å². The molecule has 35 heavy (non-hydrogen) atoms. The van der Waals surface area contributed by atoms with Crippen LogP contribution in [-0.4, -0.2) is 58.5 Å². The van der Waals surface area contributed by atoms with Crippen LogP contribution in [0.3, 0.4) is 0 Å². The van der Waals surface area contributed by atoms with Gasteiger partial charge in [0.15, 0.2) is 0 Å². The first-order chi connectivity index (χ1) is 16.6. The summed E-state index contributed by atoms with van der Waals surface area (Å²) in [6, 6.07) is 19.8. The minimum Gasteiger partial charge on any atom is -0.367 e.